The molecule has 1 atom stereocenters. The van der Waals surface area contributed by atoms with E-state index in [0.29, 0.717) is 31.7 Å². The highest BCUT2D eigenvalue weighted by molar-refractivity contribution is 5.78. The summed E-state index contributed by atoms with van der Waals surface area (Å²) in [6, 6.07) is 2.78. The Morgan fingerprint density at radius 3 is 2.38 bits per heavy atom. The molecule has 0 aliphatic carbocycles. The summed E-state index contributed by atoms with van der Waals surface area (Å²) in [5.41, 5.74) is 0.483. The number of piperazine rings is 1. The fourth-order valence-electron chi connectivity index (χ4n) is 2.52. The Balaban J connectivity index is 1.87. The van der Waals surface area contributed by atoms with Gasteiger partial charge in [0.2, 0.25) is 5.91 Å². The van der Waals surface area contributed by atoms with Crippen LogP contribution < -0.4 is 5.32 Å². The summed E-state index contributed by atoms with van der Waals surface area (Å²) in [5.74, 6) is -1.97. The monoisotopic (exact) mass is 341 g/mol. The van der Waals surface area contributed by atoms with Gasteiger partial charge in [-0.1, -0.05) is 6.07 Å². The van der Waals surface area contributed by atoms with E-state index in [0.717, 1.165) is 12.1 Å². The number of hydrogen-bond donors (Lipinski definition) is 1. The highest BCUT2D eigenvalue weighted by atomic mass is 19.2. The Morgan fingerprint density at radius 1 is 1.17 bits per heavy atom. The van der Waals surface area contributed by atoms with Crippen LogP contribution in [0.15, 0.2) is 18.2 Å². The molecule has 0 radical (unpaired) electrons. The Morgan fingerprint density at radius 2 is 1.79 bits per heavy atom. The number of carbonyl (C=O) groups excluding carboxylic acids is 2. The average molecular weight is 341 g/mol. The quantitative estimate of drug-likeness (QED) is 0.903. The lowest BCUT2D eigenvalue weighted by Crippen LogP contribution is -2.54. The predicted molar refractivity (Wildman–Crippen MR) is 83.3 cm³/mol. The van der Waals surface area contributed by atoms with Gasteiger partial charge in [0, 0.05) is 33.3 Å². The van der Waals surface area contributed by atoms with Crippen molar-refractivity contribution < 1.29 is 23.1 Å². The maximum Gasteiger partial charge on any atom is 0.317 e. The lowest BCUT2D eigenvalue weighted by molar-refractivity contribution is -0.136. The number of hydrogen-bond acceptors (Lipinski definition) is 3. The number of ether oxygens (including phenoxy) is 1. The molecule has 1 aliphatic heterocycles. The normalized spacial score (nSPS) is 16.0. The highest BCUT2D eigenvalue weighted by Gasteiger charge is 2.25. The summed E-state index contributed by atoms with van der Waals surface area (Å²) in [6.07, 6.45) is 0. The number of rotatable bonds is 4. The summed E-state index contributed by atoms with van der Waals surface area (Å²) < 4.78 is 31.0. The molecule has 2 rings (SSSR count). The zero-order valence-corrected chi connectivity index (χ0v) is 13.7. The summed E-state index contributed by atoms with van der Waals surface area (Å²) in [7, 11) is 1.46. The molecule has 1 aromatic rings. The summed E-state index contributed by atoms with van der Waals surface area (Å²) in [4.78, 5) is 27.2. The van der Waals surface area contributed by atoms with Gasteiger partial charge in [0.05, 0.1) is 6.04 Å². The number of nitrogens with one attached hydrogen (secondary N) is 1. The molecule has 1 aliphatic rings. The first kappa shape index (κ1) is 18.1. The maximum absolute atomic E-state index is 13.3. The van der Waals surface area contributed by atoms with Crippen molar-refractivity contribution in [3.05, 3.63) is 35.4 Å². The van der Waals surface area contributed by atoms with E-state index in [1.165, 1.54) is 13.2 Å². The molecule has 6 nitrogen and oxygen atoms in total. The number of benzene rings is 1. The molecular weight excluding hydrogens is 320 g/mol. The number of carbonyl (C=O) groups is 2. The van der Waals surface area contributed by atoms with Crippen molar-refractivity contribution in [1.82, 2.24) is 15.1 Å². The van der Waals surface area contributed by atoms with Crippen LogP contribution in [0.5, 0.6) is 0 Å². The second-order valence-electron chi connectivity index (χ2n) is 5.65. The van der Waals surface area contributed by atoms with E-state index in [2.05, 4.69) is 5.32 Å². The first-order chi connectivity index (χ1) is 11.4. The Hall–Kier alpha value is -2.22. The average Bonchev–Trinajstić information content (AvgIpc) is 2.57. The molecule has 24 heavy (non-hydrogen) atoms. The molecule has 0 saturated carbocycles. The minimum absolute atomic E-state index is 0.0271. The van der Waals surface area contributed by atoms with Gasteiger partial charge in [-0.3, -0.25) is 4.79 Å². The largest absolute Gasteiger partial charge is 0.375 e. The molecule has 1 saturated heterocycles. The molecule has 0 bridgehead atoms. The molecule has 8 heteroatoms. The lowest BCUT2D eigenvalue weighted by atomic mass is 10.1. The van der Waals surface area contributed by atoms with E-state index in [1.54, 1.807) is 16.7 Å². The van der Waals surface area contributed by atoms with Crippen molar-refractivity contribution >= 4 is 11.9 Å². The van der Waals surface area contributed by atoms with E-state index in [1.807, 2.05) is 0 Å². The van der Waals surface area contributed by atoms with Gasteiger partial charge in [-0.25, -0.2) is 13.6 Å². The van der Waals surface area contributed by atoms with Crippen molar-refractivity contribution in [2.24, 2.45) is 0 Å². The molecule has 1 fully saturated rings. The van der Waals surface area contributed by atoms with E-state index in [4.69, 9.17) is 4.74 Å². The summed E-state index contributed by atoms with van der Waals surface area (Å²) >= 11 is 0. The van der Waals surface area contributed by atoms with E-state index in [-0.39, 0.29) is 18.5 Å². The van der Waals surface area contributed by atoms with E-state index >= 15 is 0 Å². The fourth-order valence-corrected chi connectivity index (χ4v) is 2.52. The molecule has 132 valence electrons. The molecule has 3 amide bonds. The first-order valence-corrected chi connectivity index (χ1v) is 7.69. The minimum Gasteiger partial charge on any atom is -0.375 e. The molecular formula is C16H21F2N3O3. The first-order valence-electron chi connectivity index (χ1n) is 7.69. The number of urea groups is 1. The van der Waals surface area contributed by atoms with Gasteiger partial charge in [-0.15, -0.1) is 0 Å². The number of amides is 3. The van der Waals surface area contributed by atoms with Crippen LogP contribution in [0.3, 0.4) is 0 Å². The molecule has 0 spiro atoms. The standard InChI is InChI=1S/C16H21F2N3O3/c1-11(12-3-4-13(17)14(18)9-12)19-16(23)21-7-5-20(6-8-21)15(22)10-24-2/h3-4,9,11H,5-8,10H2,1-2H3,(H,19,23). The van der Waals surface area contributed by atoms with Gasteiger partial charge in [-0.05, 0) is 24.6 Å². The van der Waals surface area contributed by atoms with Crippen molar-refractivity contribution in [2.45, 2.75) is 13.0 Å². The van der Waals surface area contributed by atoms with Gasteiger partial charge in [-0.2, -0.15) is 0 Å². The van der Waals surface area contributed by atoms with Crippen LogP contribution in [0.1, 0.15) is 18.5 Å². The van der Waals surface area contributed by atoms with Crippen molar-refractivity contribution in [2.75, 3.05) is 39.9 Å². The SMILES string of the molecule is COCC(=O)N1CCN(C(=O)NC(C)c2ccc(F)c(F)c2)CC1. The Labute approximate surface area is 139 Å². The minimum atomic E-state index is -0.945. The summed E-state index contributed by atoms with van der Waals surface area (Å²) in [6.45, 7) is 3.42. The van der Waals surface area contributed by atoms with Crippen LogP contribution in [0.2, 0.25) is 0 Å². The van der Waals surface area contributed by atoms with Crippen molar-refractivity contribution in [3.63, 3.8) is 0 Å². The molecule has 1 N–H and O–H groups in total. The van der Waals surface area contributed by atoms with Gasteiger partial charge in [0.25, 0.3) is 0 Å². The third-order valence-corrected chi connectivity index (χ3v) is 3.97. The third kappa shape index (κ3) is 4.41. The number of methoxy groups -OCH3 is 1. The van der Waals surface area contributed by atoms with Crippen LogP contribution in [-0.4, -0.2) is 61.6 Å². The van der Waals surface area contributed by atoms with Crippen molar-refractivity contribution in [3.8, 4) is 0 Å². The van der Waals surface area contributed by atoms with Gasteiger partial charge in [0.1, 0.15) is 6.61 Å². The number of nitrogens with zero attached hydrogens (tertiary/aromatic N) is 2. The van der Waals surface area contributed by atoms with Gasteiger partial charge >= 0.3 is 6.03 Å². The van der Waals surface area contributed by atoms with Gasteiger partial charge in [0.15, 0.2) is 11.6 Å². The predicted octanol–water partition coefficient (Wildman–Crippen LogP) is 1.53. The Bertz CT molecular complexity index is 604. The van der Waals surface area contributed by atoms with Gasteiger partial charge < -0.3 is 19.9 Å². The zero-order valence-electron chi connectivity index (χ0n) is 13.7. The van der Waals surface area contributed by atoms with E-state index < -0.39 is 17.7 Å². The van der Waals surface area contributed by atoms with Crippen molar-refractivity contribution in [1.29, 1.82) is 0 Å². The van der Waals surface area contributed by atoms with Crippen LogP contribution in [0.25, 0.3) is 0 Å². The maximum atomic E-state index is 13.3. The topological polar surface area (TPSA) is 61.9 Å². The van der Waals surface area contributed by atoms with Crippen LogP contribution in [-0.2, 0) is 9.53 Å². The van der Waals surface area contributed by atoms with E-state index in [9.17, 15) is 18.4 Å². The summed E-state index contributed by atoms with van der Waals surface area (Å²) in [5, 5.41) is 2.75. The number of halogens is 2. The fraction of sp³-hybridized carbons (Fsp3) is 0.500. The smallest absolute Gasteiger partial charge is 0.317 e. The molecule has 1 unspecified atom stereocenters. The lowest BCUT2D eigenvalue weighted by Gasteiger charge is -2.35. The van der Waals surface area contributed by atoms with Crippen LogP contribution in [0, 0.1) is 11.6 Å². The van der Waals surface area contributed by atoms with Crippen LogP contribution >= 0.6 is 0 Å². The second-order valence-corrected chi connectivity index (χ2v) is 5.65. The highest BCUT2D eigenvalue weighted by Crippen LogP contribution is 2.16. The second kappa shape index (κ2) is 8.05. The third-order valence-electron chi connectivity index (χ3n) is 3.97. The Kier molecular flexibility index (Phi) is 6.08. The molecule has 1 aromatic carbocycles. The molecule has 0 aromatic heterocycles. The zero-order chi connectivity index (χ0) is 17.7. The van der Waals surface area contributed by atoms with Crippen LogP contribution in [0.4, 0.5) is 13.6 Å². The molecule has 1 heterocycles.